The van der Waals surface area contributed by atoms with E-state index in [9.17, 15) is 18.8 Å². The third-order valence-electron chi connectivity index (χ3n) is 8.00. The van der Waals surface area contributed by atoms with E-state index in [1.54, 1.807) is 48.4 Å². The number of nitrogens with zero attached hydrogens (tertiary/aromatic N) is 2. The number of carbonyl (C=O) groups is 3. The molecule has 2 atom stereocenters. The van der Waals surface area contributed by atoms with Crippen LogP contribution in [0.15, 0.2) is 48.5 Å². The van der Waals surface area contributed by atoms with E-state index >= 15 is 0 Å². The molecule has 0 radical (unpaired) electrons. The standard InChI is InChI=1S/C28H31FN2O4/c1-35-22-10-6-7-20(15-22)28(17-26(33)31(27(28)34)21-8-2-3-9-21)16-25(32)30-14-13-19(18-30)23-11-4-5-12-24(23)29/h4-7,10-12,15,19,21H,2-3,8-9,13-14,16-18H2,1H3. The topological polar surface area (TPSA) is 66.9 Å². The molecule has 7 heteroatoms. The highest BCUT2D eigenvalue weighted by molar-refractivity contribution is 6.11. The number of likely N-dealkylation sites (tertiary alicyclic amines) is 2. The van der Waals surface area contributed by atoms with E-state index in [2.05, 4.69) is 0 Å². The molecule has 0 spiro atoms. The van der Waals surface area contributed by atoms with Gasteiger partial charge in [0.2, 0.25) is 17.7 Å². The maximum atomic E-state index is 14.3. The molecule has 3 fully saturated rings. The predicted molar refractivity (Wildman–Crippen MR) is 128 cm³/mol. The Hall–Kier alpha value is -3.22. The van der Waals surface area contributed by atoms with Gasteiger partial charge in [0.25, 0.3) is 0 Å². The van der Waals surface area contributed by atoms with Gasteiger partial charge in [0.05, 0.1) is 12.5 Å². The maximum Gasteiger partial charge on any atom is 0.241 e. The number of halogens is 1. The normalized spacial score (nSPS) is 25.0. The lowest BCUT2D eigenvalue weighted by molar-refractivity contribution is -0.144. The van der Waals surface area contributed by atoms with E-state index in [-0.39, 0.29) is 48.3 Å². The maximum absolute atomic E-state index is 14.3. The van der Waals surface area contributed by atoms with Gasteiger partial charge in [0.1, 0.15) is 11.6 Å². The van der Waals surface area contributed by atoms with Crippen LogP contribution in [0, 0.1) is 5.82 Å². The molecule has 2 aromatic carbocycles. The molecule has 1 saturated carbocycles. The van der Waals surface area contributed by atoms with Crippen LogP contribution in [0.5, 0.6) is 5.75 Å². The summed E-state index contributed by atoms with van der Waals surface area (Å²) in [6.45, 7) is 0.906. The summed E-state index contributed by atoms with van der Waals surface area (Å²) in [6, 6.07) is 13.7. The number of imide groups is 1. The molecule has 2 aliphatic heterocycles. The van der Waals surface area contributed by atoms with Crippen LogP contribution in [-0.4, -0.2) is 53.8 Å². The van der Waals surface area contributed by atoms with Gasteiger partial charge in [-0.1, -0.05) is 43.2 Å². The molecule has 3 aliphatic rings. The van der Waals surface area contributed by atoms with Crippen molar-refractivity contribution in [3.05, 3.63) is 65.5 Å². The molecule has 1 aliphatic carbocycles. The minimum absolute atomic E-state index is 0.0220. The summed E-state index contributed by atoms with van der Waals surface area (Å²) in [5.41, 5.74) is 0.000199. The van der Waals surface area contributed by atoms with E-state index in [1.807, 2.05) is 6.07 Å². The molecule has 5 rings (SSSR count). The largest absolute Gasteiger partial charge is 0.497 e. The highest BCUT2D eigenvalue weighted by Crippen LogP contribution is 2.44. The fourth-order valence-electron chi connectivity index (χ4n) is 6.10. The second-order valence-corrected chi connectivity index (χ2v) is 10.0. The zero-order chi connectivity index (χ0) is 24.6. The molecule has 2 saturated heterocycles. The number of hydrogen-bond acceptors (Lipinski definition) is 4. The van der Waals surface area contributed by atoms with Crippen molar-refractivity contribution >= 4 is 17.7 Å². The molecule has 2 aromatic rings. The first-order chi connectivity index (χ1) is 16.9. The Morgan fingerprint density at radius 3 is 2.60 bits per heavy atom. The summed E-state index contributed by atoms with van der Waals surface area (Å²) >= 11 is 0. The average molecular weight is 479 g/mol. The second kappa shape index (κ2) is 9.44. The quantitative estimate of drug-likeness (QED) is 0.585. The lowest BCUT2D eigenvalue weighted by atomic mass is 9.75. The molecule has 184 valence electrons. The van der Waals surface area contributed by atoms with E-state index in [1.165, 1.54) is 11.0 Å². The molecule has 0 N–H and O–H groups in total. The summed E-state index contributed by atoms with van der Waals surface area (Å²) in [5.74, 6) is -0.424. The lowest BCUT2D eigenvalue weighted by Crippen LogP contribution is -2.45. The molecule has 0 bridgehead atoms. The zero-order valence-corrected chi connectivity index (χ0v) is 20.0. The van der Waals surface area contributed by atoms with Crippen molar-refractivity contribution in [3.8, 4) is 5.75 Å². The van der Waals surface area contributed by atoms with Crippen molar-refractivity contribution in [1.82, 2.24) is 9.80 Å². The summed E-state index contributed by atoms with van der Waals surface area (Å²) in [7, 11) is 1.55. The highest BCUT2D eigenvalue weighted by atomic mass is 19.1. The first-order valence-corrected chi connectivity index (χ1v) is 12.5. The number of methoxy groups -OCH3 is 1. The van der Waals surface area contributed by atoms with Crippen molar-refractivity contribution < 1.29 is 23.5 Å². The zero-order valence-electron chi connectivity index (χ0n) is 20.0. The molecule has 35 heavy (non-hydrogen) atoms. The van der Waals surface area contributed by atoms with Crippen LogP contribution in [0.1, 0.15) is 62.0 Å². The molecule has 2 unspecified atom stereocenters. The smallest absolute Gasteiger partial charge is 0.241 e. The van der Waals surface area contributed by atoms with Crippen molar-refractivity contribution in [2.24, 2.45) is 0 Å². The van der Waals surface area contributed by atoms with Crippen molar-refractivity contribution in [2.45, 2.75) is 62.3 Å². The van der Waals surface area contributed by atoms with Gasteiger partial charge >= 0.3 is 0 Å². The Balaban J connectivity index is 1.43. The van der Waals surface area contributed by atoms with E-state index in [0.717, 1.165) is 25.7 Å². The lowest BCUT2D eigenvalue weighted by Gasteiger charge is -2.31. The minimum atomic E-state index is -1.25. The van der Waals surface area contributed by atoms with Crippen molar-refractivity contribution in [2.75, 3.05) is 20.2 Å². The van der Waals surface area contributed by atoms with Crippen LogP contribution >= 0.6 is 0 Å². The van der Waals surface area contributed by atoms with Gasteiger partial charge in [-0.05, 0) is 48.6 Å². The van der Waals surface area contributed by atoms with Gasteiger partial charge in [-0.15, -0.1) is 0 Å². The van der Waals surface area contributed by atoms with E-state index in [4.69, 9.17) is 4.74 Å². The van der Waals surface area contributed by atoms with Gasteiger partial charge < -0.3 is 9.64 Å². The molecule has 3 amide bonds. The van der Waals surface area contributed by atoms with Crippen LogP contribution in [0.3, 0.4) is 0 Å². The Bertz CT molecular complexity index is 1150. The fourth-order valence-corrected chi connectivity index (χ4v) is 6.10. The first-order valence-electron chi connectivity index (χ1n) is 12.5. The first kappa shape index (κ1) is 23.5. The van der Waals surface area contributed by atoms with Crippen LogP contribution in [0.25, 0.3) is 0 Å². The number of rotatable bonds is 6. The van der Waals surface area contributed by atoms with Crippen molar-refractivity contribution in [1.29, 1.82) is 0 Å². The van der Waals surface area contributed by atoms with Gasteiger partial charge in [-0.25, -0.2) is 4.39 Å². The predicted octanol–water partition coefficient (Wildman–Crippen LogP) is 4.18. The van der Waals surface area contributed by atoms with Gasteiger partial charge in [-0.3, -0.25) is 19.3 Å². The Morgan fingerprint density at radius 2 is 1.86 bits per heavy atom. The summed E-state index contributed by atoms with van der Waals surface area (Å²) in [5, 5.41) is 0. The van der Waals surface area contributed by atoms with Crippen LogP contribution < -0.4 is 4.74 Å². The average Bonchev–Trinajstić information content (AvgIpc) is 3.60. The van der Waals surface area contributed by atoms with Crippen molar-refractivity contribution in [3.63, 3.8) is 0 Å². The third-order valence-corrected chi connectivity index (χ3v) is 8.00. The fraction of sp³-hybridized carbons (Fsp3) is 0.464. The van der Waals surface area contributed by atoms with E-state index < -0.39 is 5.41 Å². The minimum Gasteiger partial charge on any atom is -0.497 e. The second-order valence-electron chi connectivity index (χ2n) is 10.0. The van der Waals surface area contributed by atoms with Gasteiger partial charge in [0.15, 0.2) is 0 Å². The SMILES string of the molecule is COc1cccc(C2(CC(=O)N3CCC(c4ccccc4F)C3)CC(=O)N(C3CCCC3)C2=O)c1. The molecule has 0 aromatic heterocycles. The number of hydrogen-bond donors (Lipinski definition) is 0. The molecular formula is C28H31FN2O4. The Morgan fingerprint density at radius 1 is 1.09 bits per heavy atom. The van der Waals surface area contributed by atoms with Crippen LogP contribution in [-0.2, 0) is 19.8 Å². The van der Waals surface area contributed by atoms with Crippen LogP contribution in [0.2, 0.25) is 0 Å². The summed E-state index contributed by atoms with van der Waals surface area (Å²) in [4.78, 5) is 43.9. The number of carbonyl (C=O) groups excluding carboxylic acids is 3. The Labute approximate surface area is 205 Å². The third kappa shape index (κ3) is 4.21. The van der Waals surface area contributed by atoms with Crippen LogP contribution in [0.4, 0.5) is 4.39 Å². The van der Waals surface area contributed by atoms with Gasteiger partial charge in [0, 0.05) is 37.9 Å². The monoisotopic (exact) mass is 478 g/mol. The Kier molecular flexibility index (Phi) is 6.34. The van der Waals surface area contributed by atoms with Gasteiger partial charge in [-0.2, -0.15) is 0 Å². The number of ether oxygens (including phenoxy) is 1. The number of benzene rings is 2. The highest BCUT2D eigenvalue weighted by Gasteiger charge is 2.56. The van der Waals surface area contributed by atoms with E-state index in [0.29, 0.717) is 36.4 Å². The molecular weight excluding hydrogens is 447 g/mol. The number of amides is 3. The molecule has 6 nitrogen and oxygen atoms in total. The summed E-state index contributed by atoms with van der Waals surface area (Å²) < 4.78 is 19.7. The molecule has 2 heterocycles. The summed E-state index contributed by atoms with van der Waals surface area (Å²) in [6.07, 6.45) is 4.19.